The van der Waals surface area contributed by atoms with Gasteiger partial charge in [0.25, 0.3) is 5.91 Å². The molecule has 0 atom stereocenters. The lowest BCUT2D eigenvalue weighted by Crippen LogP contribution is -2.29. The van der Waals surface area contributed by atoms with Crippen molar-refractivity contribution in [2.75, 3.05) is 7.11 Å². The van der Waals surface area contributed by atoms with E-state index < -0.39 is 0 Å². The number of rotatable bonds is 3. The van der Waals surface area contributed by atoms with Crippen LogP contribution in [0.3, 0.4) is 0 Å². The summed E-state index contributed by atoms with van der Waals surface area (Å²) in [6.45, 7) is 0. The highest BCUT2D eigenvalue weighted by atomic mass is 16.5. The minimum absolute atomic E-state index is 0.0947. The number of hydrogen-bond acceptors (Lipinski definition) is 3. The molecule has 1 N–H and O–H groups in total. The Kier molecular flexibility index (Phi) is 3.54. The number of carbonyl (C=O) groups is 1. The van der Waals surface area contributed by atoms with Crippen molar-refractivity contribution < 1.29 is 9.53 Å². The molecule has 0 saturated heterocycles. The van der Waals surface area contributed by atoms with E-state index >= 15 is 0 Å². The fourth-order valence-electron chi connectivity index (χ4n) is 2.74. The van der Waals surface area contributed by atoms with Gasteiger partial charge in [0.15, 0.2) is 0 Å². The van der Waals surface area contributed by atoms with Crippen molar-refractivity contribution in [3.05, 3.63) is 35.5 Å². The van der Waals surface area contributed by atoms with Gasteiger partial charge < -0.3 is 10.1 Å². The Hall–Kier alpha value is -2.10. The molecule has 4 nitrogen and oxygen atoms in total. The lowest BCUT2D eigenvalue weighted by molar-refractivity contribution is -0.115. The van der Waals surface area contributed by atoms with Crippen molar-refractivity contribution in [1.82, 2.24) is 5.32 Å². The Labute approximate surface area is 118 Å². The third kappa shape index (κ3) is 2.59. The predicted molar refractivity (Wildman–Crippen MR) is 78.5 cm³/mol. The van der Waals surface area contributed by atoms with E-state index in [9.17, 15) is 4.79 Å². The largest absolute Gasteiger partial charge is 0.497 e. The summed E-state index contributed by atoms with van der Waals surface area (Å²) < 4.78 is 5.12. The van der Waals surface area contributed by atoms with Crippen LogP contribution >= 0.6 is 0 Å². The van der Waals surface area contributed by atoms with Gasteiger partial charge in [-0.1, -0.05) is 25.0 Å². The van der Waals surface area contributed by atoms with E-state index in [1.807, 2.05) is 30.3 Å². The first kappa shape index (κ1) is 12.9. The Morgan fingerprint density at radius 2 is 1.95 bits per heavy atom. The van der Waals surface area contributed by atoms with Gasteiger partial charge in [0, 0.05) is 5.92 Å². The van der Waals surface area contributed by atoms with Crippen LogP contribution in [0.1, 0.15) is 31.2 Å². The maximum absolute atomic E-state index is 12.0. The zero-order valence-corrected chi connectivity index (χ0v) is 11.6. The number of ether oxygens (including phenoxy) is 1. The summed E-state index contributed by atoms with van der Waals surface area (Å²) in [6.07, 6.45) is 6.55. The number of amidine groups is 1. The van der Waals surface area contributed by atoms with Crippen molar-refractivity contribution in [1.29, 1.82) is 0 Å². The van der Waals surface area contributed by atoms with Gasteiger partial charge in [-0.3, -0.25) is 4.79 Å². The van der Waals surface area contributed by atoms with E-state index in [0.29, 0.717) is 11.6 Å². The first-order valence-corrected chi connectivity index (χ1v) is 7.02. The zero-order chi connectivity index (χ0) is 13.9. The molecule has 1 aromatic rings. The Morgan fingerprint density at radius 1 is 1.25 bits per heavy atom. The molecule has 20 heavy (non-hydrogen) atoms. The predicted octanol–water partition coefficient (Wildman–Crippen LogP) is 2.75. The summed E-state index contributed by atoms with van der Waals surface area (Å²) in [5.41, 5.74) is 1.45. The second kappa shape index (κ2) is 5.49. The van der Waals surface area contributed by atoms with Crippen LogP contribution in [0.25, 0.3) is 6.08 Å². The molecule has 0 bridgehead atoms. The highest BCUT2D eigenvalue weighted by Crippen LogP contribution is 2.28. The standard InChI is InChI=1S/C16H18N2O2/c1-20-13-8-6-11(7-9-13)10-14-16(19)18-15(17-14)12-4-2-3-5-12/h6-10,12H,2-5H2,1H3,(H,17,18,19)/b14-10+. The topological polar surface area (TPSA) is 50.7 Å². The van der Waals surface area contributed by atoms with Gasteiger partial charge in [0.1, 0.15) is 17.3 Å². The molecule has 0 unspecified atom stereocenters. The number of aliphatic imine (C=N–C) groups is 1. The van der Waals surface area contributed by atoms with E-state index in [1.54, 1.807) is 7.11 Å². The second-order valence-corrected chi connectivity index (χ2v) is 5.24. The summed E-state index contributed by atoms with van der Waals surface area (Å²) in [6, 6.07) is 7.59. The third-order valence-corrected chi connectivity index (χ3v) is 3.88. The summed E-state index contributed by atoms with van der Waals surface area (Å²) >= 11 is 0. The molecular weight excluding hydrogens is 252 g/mol. The minimum Gasteiger partial charge on any atom is -0.497 e. The number of benzene rings is 1. The van der Waals surface area contributed by atoms with E-state index in [2.05, 4.69) is 10.3 Å². The first-order chi connectivity index (χ1) is 9.76. The summed E-state index contributed by atoms with van der Waals surface area (Å²) in [4.78, 5) is 16.4. The summed E-state index contributed by atoms with van der Waals surface area (Å²) in [5, 5.41) is 2.91. The van der Waals surface area contributed by atoms with Gasteiger partial charge in [0.2, 0.25) is 0 Å². The monoisotopic (exact) mass is 270 g/mol. The molecule has 1 heterocycles. The second-order valence-electron chi connectivity index (χ2n) is 5.24. The SMILES string of the molecule is COc1ccc(/C=C2/N=C(C3CCCC3)NC2=O)cc1. The quantitative estimate of drug-likeness (QED) is 0.859. The molecule has 1 aliphatic carbocycles. The normalized spacial score (nSPS) is 21.1. The zero-order valence-electron chi connectivity index (χ0n) is 11.6. The average Bonchev–Trinajstić information content (AvgIpc) is 3.10. The highest BCUT2D eigenvalue weighted by molar-refractivity contribution is 6.15. The van der Waals surface area contributed by atoms with Gasteiger partial charge in [-0.25, -0.2) is 4.99 Å². The fourth-order valence-corrected chi connectivity index (χ4v) is 2.74. The summed E-state index contributed by atoms with van der Waals surface area (Å²) in [7, 11) is 1.63. The number of methoxy groups -OCH3 is 1. The van der Waals surface area contributed by atoms with E-state index in [4.69, 9.17) is 4.74 Å². The number of hydrogen-bond donors (Lipinski definition) is 1. The fraction of sp³-hybridized carbons (Fsp3) is 0.375. The molecule has 1 aromatic carbocycles. The smallest absolute Gasteiger partial charge is 0.275 e. The molecule has 2 aliphatic rings. The van der Waals surface area contributed by atoms with Crippen molar-refractivity contribution in [3.8, 4) is 5.75 Å². The Balaban J connectivity index is 1.80. The highest BCUT2D eigenvalue weighted by Gasteiger charge is 2.28. The Bertz CT molecular complexity index is 567. The van der Waals surface area contributed by atoms with E-state index in [1.165, 1.54) is 12.8 Å². The van der Waals surface area contributed by atoms with Crippen molar-refractivity contribution >= 4 is 17.8 Å². The Morgan fingerprint density at radius 3 is 2.60 bits per heavy atom. The van der Waals surface area contributed by atoms with Crippen LogP contribution in [0.4, 0.5) is 0 Å². The molecule has 1 fully saturated rings. The maximum Gasteiger partial charge on any atom is 0.275 e. The van der Waals surface area contributed by atoms with Gasteiger partial charge >= 0.3 is 0 Å². The molecular formula is C16H18N2O2. The van der Waals surface area contributed by atoms with Crippen LogP contribution in [0.5, 0.6) is 5.75 Å². The molecule has 104 valence electrons. The molecule has 3 rings (SSSR count). The van der Waals surface area contributed by atoms with E-state index in [-0.39, 0.29) is 5.91 Å². The van der Waals surface area contributed by atoms with Crippen LogP contribution in [0.2, 0.25) is 0 Å². The molecule has 0 radical (unpaired) electrons. The molecule has 0 spiro atoms. The lowest BCUT2D eigenvalue weighted by Gasteiger charge is -2.06. The summed E-state index contributed by atoms with van der Waals surface area (Å²) in [5.74, 6) is 1.99. The van der Waals surface area contributed by atoms with Gasteiger partial charge in [-0.15, -0.1) is 0 Å². The number of carbonyl (C=O) groups excluding carboxylic acids is 1. The van der Waals surface area contributed by atoms with Crippen molar-refractivity contribution in [2.45, 2.75) is 25.7 Å². The molecule has 1 amide bonds. The average molecular weight is 270 g/mol. The van der Waals surface area contributed by atoms with Gasteiger partial charge in [-0.05, 0) is 36.6 Å². The number of amides is 1. The number of nitrogens with zero attached hydrogens (tertiary/aromatic N) is 1. The van der Waals surface area contributed by atoms with Crippen LogP contribution < -0.4 is 10.1 Å². The maximum atomic E-state index is 12.0. The molecule has 0 aromatic heterocycles. The first-order valence-electron chi connectivity index (χ1n) is 7.02. The molecule has 1 saturated carbocycles. The third-order valence-electron chi connectivity index (χ3n) is 3.88. The van der Waals surface area contributed by atoms with Crippen molar-refractivity contribution in [3.63, 3.8) is 0 Å². The van der Waals surface area contributed by atoms with Crippen molar-refractivity contribution in [2.24, 2.45) is 10.9 Å². The molecule has 1 aliphatic heterocycles. The van der Waals surface area contributed by atoms with Crippen LogP contribution in [0, 0.1) is 5.92 Å². The lowest BCUT2D eigenvalue weighted by atomic mass is 10.1. The number of nitrogens with one attached hydrogen (secondary N) is 1. The molecule has 4 heteroatoms. The minimum atomic E-state index is -0.0947. The van der Waals surface area contributed by atoms with Crippen LogP contribution in [-0.2, 0) is 4.79 Å². The van der Waals surface area contributed by atoms with Gasteiger partial charge in [-0.2, -0.15) is 0 Å². The van der Waals surface area contributed by atoms with Crippen LogP contribution in [-0.4, -0.2) is 18.9 Å². The van der Waals surface area contributed by atoms with Gasteiger partial charge in [0.05, 0.1) is 7.11 Å². The van der Waals surface area contributed by atoms with E-state index in [0.717, 1.165) is 30.0 Å². The van der Waals surface area contributed by atoms with Crippen LogP contribution in [0.15, 0.2) is 35.0 Å².